The van der Waals surface area contributed by atoms with Gasteiger partial charge in [0.05, 0.1) is 0 Å². The third kappa shape index (κ3) is 5.02. The second-order valence-electron chi connectivity index (χ2n) is 3.15. The van der Waals surface area contributed by atoms with E-state index >= 15 is 0 Å². The fourth-order valence-corrected chi connectivity index (χ4v) is 1.20. The molecule has 0 bridgehead atoms. The lowest BCUT2D eigenvalue weighted by molar-refractivity contribution is -0.205. The molecule has 102 valence electrons. The van der Waals surface area contributed by atoms with Gasteiger partial charge in [-0.3, -0.25) is 5.32 Å². The van der Waals surface area contributed by atoms with Gasteiger partial charge in [-0.2, -0.15) is 26.3 Å². The molecule has 1 unspecified atom stereocenters. The van der Waals surface area contributed by atoms with E-state index in [4.69, 9.17) is 5.11 Å². The van der Waals surface area contributed by atoms with Gasteiger partial charge in [0.15, 0.2) is 0 Å². The van der Waals surface area contributed by atoms with Crippen LogP contribution in [0.25, 0.3) is 0 Å². The number of halogens is 6. The van der Waals surface area contributed by atoms with E-state index in [1.54, 1.807) is 5.32 Å². The number of hydrogen-bond donors (Lipinski definition) is 2. The lowest BCUT2D eigenvalue weighted by Gasteiger charge is -2.28. The molecule has 0 aliphatic rings. The molecule has 0 saturated carbocycles. The zero-order valence-corrected chi connectivity index (χ0v) is 9.26. The van der Waals surface area contributed by atoms with Crippen molar-refractivity contribution in [2.75, 3.05) is 12.3 Å². The smallest absolute Gasteiger partial charge is 0.441 e. The fourth-order valence-electron chi connectivity index (χ4n) is 0.765. The summed E-state index contributed by atoms with van der Waals surface area (Å²) in [5, 5.41) is 9.98. The molecule has 0 rings (SSSR count). The Labute approximate surface area is 96.6 Å². The maximum atomic E-state index is 12.3. The zero-order chi connectivity index (χ0) is 13.9. The summed E-state index contributed by atoms with van der Waals surface area (Å²) in [6, 6.07) is 0. The van der Waals surface area contributed by atoms with Gasteiger partial charge in [-0.05, 0) is 18.7 Å². The van der Waals surface area contributed by atoms with Crippen LogP contribution in [0, 0.1) is 0 Å². The minimum absolute atomic E-state index is 0.355. The normalized spacial score (nSPS) is 16.6. The van der Waals surface area contributed by atoms with Crippen molar-refractivity contribution in [1.29, 1.82) is 0 Å². The van der Waals surface area contributed by atoms with Crippen molar-refractivity contribution in [3.8, 4) is 0 Å². The molecule has 3 nitrogen and oxygen atoms in total. The lowest BCUT2D eigenvalue weighted by Crippen LogP contribution is -2.60. The maximum absolute atomic E-state index is 12.3. The number of carbonyl (C=O) groups is 1. The molecular weight excluding hydrogens is 276 g/mol. The van der Waals surface area contributed by atoms with Crippen LogP contribution >= 0.6 is 11.8 Å². The first-order chi connectivity index (χ1) is 7.40. The average molecular weight is 285 g/mol. The molecule has 0 heterocycles. The van der Waals surface area contributed by atoms with Crippen molar-refractivity contribution in [1.82, 2.24) is 5.32 Å². The Morgan fingerprint density at radius 2 is 1.71 bits per heavy atom. The number of carboxylic acids is 1. The third-order valence-electron chi connectivity index (χ3n) is 1.84. The fraction of sp³-hybridized carbons (Fsp3) is 0.857. The minimum Gasteiger partial charge on any atom is -0.480 e. The molecule has 0 aromatic carbocycles. The Morgan fingerprint density at radius 3 is 2.00 bits per heavy atom. The highest BCUT2D eigenvalue weighted by Gasteiger charge is 2.57. The zero-order valence-electron chi connectivity index (χ0n) is 8.45. The summed E-state index contributed by atoms with van der Waals surface area (Å²) in [7, 11) is 0. The summed E-state index contributed by atoms with van der Waals surface area (Å²) in [6.07, 6.45) is -5.10. The van der Waals surface area contributed by atoms with E-state index in [1.165, 1.54) is 0 Å². The summed E-state index contributed by atoms with van der Waals surface area (Å²) in [6.45, 7) is -0.375. The van der Waals surface area contributed by atoms with Gasteiger partial charge >= 0.3 is 17.7 Å². The van der Waals surface area contributed by atoms with Crippen molar-refractivity contribution < 1.29 is 36.2 Å². The molecule has 1 atom stereocenters. The van der Waals surface area contributed by atoms with Gasteiger partial charge in [-0.1, -0.05) is 0 Å². The number of thioether (sulfide) groups is 1. The van der Waals surface area contributed by atoms with E-state index in [1.807, 2.05) is 0 Å². The monoisotopic (exact) mass is 285 g/mol. The Bertz CT molecular complexity index is 279. The first-order valence-corrected chi connectivity index (χ1v) is 5.14. The molecule has 2 N–H and O–H groups in total. The van der Waals surface area contributed by atoms with Crippen LogP contribution in [-0.4, -0.2) is 40.6 Å². The highest BCUT2D eigenvalue weighted by atomic mass is 32.2. The second-order valence-corrected chi connectivity index (χ2v) is 4.31. The largest absolute Gasteiger partial charge is 0.480 e. The molecule has 0 radical (unpaired) electrons. The standard InChI is InChI=1S/C7H9F6NO2S/c1-5(4(15)16,6(8,9)10)14-2-3-17-7(11,12)13/h14H,2-3H2,1H3,(H,15,16). The van der Waals surface area contributed by atoms with Crippen LogP contribution in [0.2, 0.25) is 0 Å². The average Bonchev–Trinajstić information content (AvgIpc) is 2.08. The molecule has 0 aliphatic carbocycles. The van der Waals surface area contributed by atoms with E-state index in [2.05, 4.69) is 0 Å². The number of hydrogen-bond acceptors (Lipinski definition) is 3. The molecule has 0 spiro atoms. The predicted molar refractivity (Wildman–Crippen MR) is 48.6 cm³/mol. The number of aliphatic carboxylic acids is 1. The molecule has 0 amide bonds. The van der Waals surface area contributed by atoms with E-state index in [9.17, 15) is 31.1 Å². The second kappa shape index (κ2) is 5.34. The van der Waals surface area contributed by atoms with Crippen LogP contribution in [0.5, 0.6) is 0 Å². The summed E-state index contributed by atoms with van der Waals surface area (Å²) < 4.78 is 72.0. The van der Waals surface area contributed by atoms with E-state index < -0.39 is 47.3 Å². The van der Waals surface area contributed by atoms with E-state index in [0.717, 1.165) is 0 Å². The lowest BCUT2D eigenvalue weighted by atomic mass is 10.0. The number of rotatable bonds is 5. The summed E-state index contributed by atoms with van der Waals surface area (Å²) in [5.41, 5.74) is -7.81. The SMILES string of the molecule is CC(NCCSC(F)(F)F)(C(=O)O)C(F)(F)F. The van der Waals surface area contributed by atoms with Crippen LogP contribution < -0.4 is 5.32 Å². The van der Waals surface area contributed by atoms with Gasteiger partial charge in [0, 0.05) is 12.3 Å². The maximum Gasteiger partial charge on any atom is 0.441 e. The van der Waals surface area contributed by atoms with Crippen LogP contribution in [0.1, 0.15) is 6.92 Å². The van der Waals surface area contributed by atoms with Gasteiger partial charge in [0.1, 0.15) is 0 Å². The number of carboxylic acid groups (broad SMARTS) is 1. The topological polar surface area (TPSA) is 49.3 Å². The van der Waals surface area contributed by atoms with Gasteiger partial charge in [-0.15, -0.1) is 0 Å². The molecule has 0 aromatic rings. The summed E-state index contributed by atoms with van der Waals surface area (Å²) in [4.78, 5) is 10.4. The number of nitrogens with one attached hydrogen (secondary N) is 1. The molecule has 0 fully saturated rings. The van der Waals surface area contributed by atoms with Crippen molar-refractivity contribution in [2.45, 2.75) is 24.1 Å². The van der Waals surface area contributed by atoms with Crippen molar-refractivity contribution in [3.05, 3.63) is 0 Å². The van der Waals surface area contributed by atoms with Gasteiger partial charge in [-0.25, -0.2) is 4.79 Å². The quantitative estimate of drug-likeness (QED) is 0.601. The molecular formula is C7H9F6NO2S. The summed E-state index contributed by atoms with van der Waals surface area (Å²) >= 11 is -0.526. The van der Waals surface area contributed by atoms with Crippen LogP contribution in [-0.2, 0) is 4.79 Å². The van der Waals surface area contributed by atoms with E-state index in [-0.39, 0.29) is 0 Å². The molecule has 0 aliphatic heterocycles. The molecule has 0 aromatic heterocycles. The Morgan fingerprint density at radius 1 is 1.24 bits per heavy atom. The summed E-state index contributed by atoms with van der Waals surface area (Å²) in [5.74, 6) is -2.90. The van der Waals surface area contributed by atoms with Crippen molar-refractivity contribution in [2.24, 2.45) is 0 Å². The molecule has 10 heteroatoms. The first-order valence-electron chi connectivity index (χ1n) is 4.16. The Kier molecular flexibility index (Phi) is 5.14. The molecule has 0 saturated heterocycles. The highest BCUT2D eigenvalue weighted by molar-refractivity contribution is 8.00. The van der Waals surface area contributed by atoms with Gasteiger partial charge in [0.2, 0.25) is 5.54 Å². The van der Waals surface area contributed by atoms with Crippen molar-refractivity contribution >= 4 is 17.7 Å². The van der Waals surface area contributed by atoms with Crippen LogP contribution in [0.15, 0.2) is 0 Å². The van der Waals surface area contributed by atoms with Gasteiger partial charge < -0.3 is 5.11 Å². The van der Waals surface area contributed by atoms with Crippen LogP contribution in [0.4, 0.5) is 26.3 Å². The Hall–Kier alpha value is -0.640. The van der Waals surface area contributed by atoms with Crippen molar-refractivity contribution in [3.63, 3.8) is 0 Å². The molecule has 17 heavy (non-hydrogen) atoms. The third-order valence-corrected chi connectivity index (χ3v) is 2.58. The van der Waals surface area contributed by atoms with Gasteiger partial charge in [0.25, 0.3) is 0 Å². The highest BCUT2D eigenvalue weighted by Crippen LogP contribution is 2.32. The minimum atomic E-state index is -5.10. The number of alkyl halides is 6. The predicted octanol–water partition coefficient (Wildman–Crippen LogP) is 2.23. The van der Waals surface area contributed by atoms with E-state index in [0.29, 0.717) is 6.92 Å². The first kappa shape index (κ1) is 16.4. The van der Waals surface area contributed by atoms with Crippen LogP contribution in [0.3, 0.4) is 0 Å². The Balaban J connectivity index is 4.37.